The number of nitrogens with one attached hydrogen (secondary N) is 1. The monoisotopic (exact) mass is 657 g/mol. The van der Waals surface area contributed by atoms with Gasteiger partial charge in [0.25, 0.3) is 10.0 Å². The van der Waals surface area contributed by atoms with Crippen molar-refractivity contribution in [3.63, 3.8) is 0 Å². The van der Waals surface area contributed by atoms with E-state index >= 15 is 0 Å². The Hall–Kier alpha value is -4.70. The van der Waals surface area contributed by atoms with Crippen molar-refractivity contribution < 1.29 is 27.1 Å². The number of methoxy groups -OCH3 is 1. The molecule has 2 amide bonds. The standard InChI is InChI=1S/C37H40FN3O5S/c1-27-15-19-32(20-16-27)41(47(44,45)34-21-17-30(38)18-22-34)26-36(42)40(25-29-11-8-14-33(23-29)46-2)35(24-28-9-4-3-5-10-28)37(43)39-31-12-6-7-13-31/h3-5,8-11,14-23,31,35H,6-7,12-13,24-26H2,1-2H3,(H,39,43). The molecule has 0 aliphatic heterocycles. The van der Waals surface area contributed by atoms with Gasteiger partial charge in [0, 0.05) is 19.0 Å². The van der Waals surface area contributed by atoms with Gasteiger partial charge in [-0.2, -0.15) is 0 Å². The molecule has 1 unspecified atom stereocenters. The number of carbonyl (C=O) groups is 2. The third-order valence-corrected chi connectivity index (χ3v) is 10.3. The first-order chi connectivity index (χ1) is 22.6. The summed E-state index contributed by atoms with van der Waals surface area (Å²) < 4.78 is 48.4. The number of sulfonamides is 1. The van der Waals surface area contributed by atoms with Gasteiger partial charge in [-0.1, -0.05) is 73.0 Å². The average Bonchev–Trinajstić information content (AvgIpc) is 3.59. The number of amides is 2. The first kappa shape index (κ1) is 33.7. The van der Waals surface area contributed by atoms with Gasteiger partial charge in [0.1, 0.15) is 24.2 Å². The predicted octanol–water partition coefficient (Wildman–Crippen LogP) is 6.04. The van der Waals surface area contributed by atoms with Gasteiger partial charge in [-0.25, -0.2) is 12.8 Å². The van der Waals surface area contributed by atoms with Crippen LogP contribution in [0.4, 0.5) is 10.1 Å². The number of aryl methyl sites for hydroxylation is 1. The maximum Gasteiger partial charge on any atom is 0.264 e. The minimum atomic E-state index is -4.32. The molecule has 1 N–H and O–H groups in total. The normalized spacial score (nSPS) is 13.9. The Morgan fingerprint density at radius 1 is 0.894 bits per heavy atom. The van der Waals surface area contributed by atoms with Gasteiger partial charge in [0.15, 0.2) is 0 Å². The number of carbonyl (C=O) groups excluding carboxylic acids is 2. The molecule has 1 saturated carbocycles. The molecular weight excluding hydrogens is 617 g/mol. The van der Waals surface area contributed by atoms with Gasteiger partial charge >= 0.3 is 0 Å². The van der Waals surface area contributed by atoms with E-state index in [4.69, 9.17) is 4.74 Å². The molecule has 0 saturated heterocycles. The molecule has 5 rings (SSSR count). The Morgan fingerprint density at radius 2 is 1.55 bits per heavy atom. The predicted molar refractivity (Wildman–Crippen MR) is 180 cm³/mol. The van der Waals surface area contributed by atoms with Gasteiger partial charge in [-0.05, 0) is 79.4 Å². The molecule has 0 aromatic heterocycles. The van der Waals surface area contributed by atoms with Crippen molar-refractivity contribution in [2.75, 3.05) is 18.0 Å². The fourth-order valence-corrected chi connectivity index (χ4v) is 7.28. The van der Waals surface area contributed by atoms with Crippen LogP contribution in [0, 0.1) is 12.7 Å². The smallest absolute Gasteiger partial charge is 0.264 e. The van der Waals surface area contributed by atoms with E-state index in [0.29, 0.717) is 11.3 Å². The van der Waals surface area contributed by atoms with Gasteiger partial charge in [-0.3, -0.25) is 13.9 Å². The highest BCUT2D eigenvalue weighted by Gasteiger charge is 2.35. The first-order valence-corrected chi connectivity index (χ1v) is 17.2. The minimum Gasteiger partial charge on any atom is -0.497 e. The minimum absolute atomic E-state index is 0.0115. The zero-order chi connectivity index (χ0) is 33.4. The summed E-state index contributed by atoms with van der Waals surface area (Å²) in [5.41, 5.74) is 2.75. The number of hydrogen-bond acceptors (Lipinski definition) is 5. The Labute approximate surface area is 276 Å². The maximum atomic E-state index is 14.6. The molecule has 47 heavy (non-hydrogen) atoms. The molecule has 1 atom stereocenters. The van der Waals surface area contributed by atoms with Crippen LogP contribution in [0.5, 0.6) is 5.75 Å². The molecule has 1 aliphatic rings. The fraction of sp³-hybridized carbons (Fsp3) is 0.297. The van der Waals surface area contributed by atoms with Crippen LogP contribution in [-0.2, 0) is 32.6 Å². The second kappa shape index (κ2) is 15.3. The lowest BCUT2D eigenvalue weighted by Gasteiger charge is -2.34. The summed E-state index contributed by atoms with van der Waals surface area (Å²) in [5, 5.41) is 3.17. The Kier molecular flexibility index (Phi) is 10.9. The summed E-state index contributed by atoms with van der Waals surface area (Å²) in [4.78, 5) is 30.0. The molecule has 0 spiro atoms. The van der Waals surface area contributed by atoms with E-state index in [1.807, 2.05) is 43.3 Å². The number of hydrogen-bond donors (Lipinski definition) is 1. The van der Waals surface area contributed by atoms with Gasteiger partial charge < -0.3 is 15.0 Å². The number of nitrogens with zero attached hydrogens (tertiary/aromatic N) is 2. The SMILES string of the molecule is COc1cccc(CN(C(=O)CN(c2ccc(C)cc2)S(=O)(=O)c2ccc(F)cc2)C(Cc2ccccc2)C(=O)NC2CCCC2)c1. The lowest BCUT2D eigenvalue weighted by Crippen LogP contribution is -2.54. The summed E-state index contributed by atoms with van der Waals surface area (Å²) in [6, 6.07) is 27.0. The second-order valence-electron chi connectivity index (χ2n) is 11.9. The van der Waals surface area contributed by atoms with E-state index in [-0.39, 0.29) is 35.5 Å². The first-order valence-electron chi connectivity index (χ1n) is 15.8. The van der Waals surface area contributed by atoms with Crippen LogP contribution in [-0.4, -0.2) is 50.9 Å². The third-order valence-electron chi connectivity index (χ3n) is 8.46. The molecule has 8 nitrogen and oxygen atoms in total. The van der Waals surface area contributed by atoms with Crippen molar-refractivity contribution in [3.8, 4) is 5.75 Å². The van der Waals surface area contributed by atoms with E-state index in [9.17, 15) is 22.4 Å². The summed E-state index contributed by atoms with van der Waals surface area (Å²) in [6.07, 6.45) is 4.00. The van der Waals surface area contributed by atoms with Crippen LogP contribution >= 0.6 is 0 Å². The highest BCUT2D eigenvalue weighted by atomic mass is 32.2. The Bertz CT molecular complexity index is 1760. The summed E-state index contributed by atoms with van der Waals surface area (Å²) in [6.45, 7) is 1.32. The van der Waals surface area contributed by atoms with Crippen LogP contribution in [0.1, 0.15) is 42.4 Å². The highest BCUT2D eigenvalue weighted by Crippen LogP contribution is 2.26. The molecule has 0 heterocycles. The fourth-order valence-electron chi connectivity index (χ4n) is 5.86. The van der Waals surface area contributed by atoms with Crippen molar-refractivity contribution >= 4 is 27.5 Å². The molecule has 0 bridgehead atoms. The maximum absolute atomic E-state index is 14.6. The third kappa shape index (κ3) is 8.56. The molecule has 246 valence electrons. The molecule has 0 radical (unpaired) electrons. The Morgan fingerprint density at radius 3 is 2.21 bits per heavy atom. The van der Waals surface area contributed by atoms with E-state index in [1.165, 1.54) is 17.0 Å². The topological polar surface area (TPSA) is 96.0 Å². The highest BCUT2D eigenvalue weighted by molar-refractivity contribution is 7.92. The second-order valence-corrected chi connectivity index (χ2v) is 13.7. The van der Waals surface area contributed by atoms with E-state index < -0.39 is 34.3 Å². The number of anilines is 1. The molecule has 1 aliphatic carbocycles. The van der Waals surface area contributed by atoms with Crippen LogP contribution in [0.3, 0.4) is 0 Å². The summed E-state index contributed by atoms with van der Waals surface area (Å²) >= 11 is 0. The number of benzene rings is 4. The van der Waals surface area contributed by atoms with Crippen molar-refractivity contribution in [2.45, 2.75) is 62.6 Å². The van der Waals surface area contributed by atoms with Crippen LogP contribution in [0.15, 0.2) is 108 Å². The quantitative estimate of drug-likeness (QED) is 0.189. The number of rotatable bonds is 13. The lowest BCUT2D eigenvalue weighted by atomic mass is 10.0. The van der Waals surface area contributed by atoms with Crippen LogP contribution < -0.4 is 14.4 Å². The van der Waals surface area contributed by atoms with E-state index in [1.54, 1.807) is 49.6 Å². The molecule has 4 aromatic rings. The summed E-state index contributed by atoms with van der Waals surface area (Å²) in [5.74, 6) is -0.852. The summed E-state index contributed by atoms with van der Waals surface area (Å²) in [7, 11) is -2.77. The molecule has 4 aromatic carbocycles. The van der Waals surface area contributed by atoms with Crippen LogP contribution in [0.25, 0.3) is 0 Å². The lowest BCUT2D eigenvalue weighted by molar-refractivity contribution is -0.140. The zero-order valence-electron chi connectivity index (χ0n) is 26.6. The zero-order valence-corrected chi connectivity index (χ0v) is 27.5. The van der Waals surface area contributed by atoms with Crippen molar-refractivity contribution in [2.24, 2.45) is 0 Å². The van der Waals surface area contributed by atoms with E-state index in [0.717, 1.165) is 53.2 Å². The molecule has 1 fully saturated rings. The number of halogens is 1. The number of ether oxygens (including phenoxy) is 1. The molecular formula is C37H40FN3O5S. The van der Waals surface area contributed by atoms with Gasteiger partial charge in [0.2, 0.25) is 11.8 Å². The Balaban J connectivity index is 1.57. The largest absolute Gasteiger partial charge is 0.497 e. The average molecular weight is 658 g/mol. The van der Waals surface area contributed by atoms with Crippen LogP contribution in [0.2, 0.25) is 0 Å². The van der Waals surface area contributed by atoms with Crippen molar-refractivity contribution in [1.82, 2.24) is 10.2 Å². The van der Waals surface area contributed by atoms with E-state index in [2.05, 4.69) is 5.32 Å². The van der Waals surface area contributed by atoms with Crippen molar-refractivity contribution in [3.05, 3.63) is 126 Å². The molecule has 10 heteroatoms. The van der Waals surface area contributed by atoms with Gasteiger partial charge in [-0.15, -0.1) is 0 Å². The van der Waals surface area contributed by atoms with Gasteiger partial charge in [0.05, 0.1) is 17.7 Å². The van der Waals surface area contributed by atoms with Crippen molar-refractivity contribution in [1.29, 1.82) is 0 Å².